The van der Waals surface area contributed by atoms with Crippen LogP contribution in [0.25, 0.3) is 0 Å². The Kier molecular flexibility index (Phi) is 2.68. The van der Waals surface area contributed by atoms with Crippen LogP contribution in [-0.4, -0.2) is 17.5 Å². The number of hydrogen-bond acceptors (Lipinski definition) is 2. The average molecular weight is 248 g/mol. The zero-order valence-electron chi connectivity index (χ0n) is 12.5. The summed E-state index contributed by atoms with van der Waals surface area (Å²) >= 11 is 0. The third-order valence-corrected chi connectivity index (χ3v) is 3.80. The van der Waals surface area contributed by atoms with Gasteiger partial charge in [-0.1, -0.05) is 41.5 Å². The summed E-state index contributed by atoms with van der Waals surface area (Å²) in [6.45, 7) is 14.6. The fourth-order valence-electron chi connectivity index (χ4n) is 2.46. The minimum absolute atomic E-state index is 0.138. The maximum absolute atomic E-state index is 12.6. The molecule has 0 aromatic carbocycles. The maximum Gasteiger partial charge on any atom is 0.185 e. The minimum Gasteiger partial charge on any atom is -0.357 e. The Labute approximate surface area is 110 Å². The van der Waals surface area contributed by atoms with E-state index >= 15 is 0 Å². The van der Waals surface area contributed by atoms with E-state index in [4.69, 9.17) is 4.74 Å². The number of carbonyl (C=O) groups excluding carboxylic acids is 1. The monoisotopic (exact) mass is 248 g/mol. The van der Waals surface area contributed by atoms with E-state index in [1.54, 1.807) is 0 Å². The van der Waals surface area contributed by atoms with Crippen LogP contribution in [0.15, 0.2) is 23.3 Å². The fraction of sp³-hybridized carbons (Fsp3) is 0.688. The summed E-state index contributed by atoms with van der Waals surface area (Å²) < 4.78 is 5.74. The molecule has 1 spiro atoms. The second-order valence-electron chi connectivity index (χ2n) is 7.56. The van der Waals surface area contributed by atoms with Crippen molar-refractivity contribution in [2.75, 3.05) is 0 Å². The molecule has 0 bridgehead atoms. The van der Waals surface area contributed by atoms with Gasteiger partial charge in [0, 0.05) is 11.1 Å². The van der Waals surface area contributed by atoms with Gasteiger partial charge >= 0.3 is 0 Å². The first-order chi connectivity index (χ1) is 7.97. The van der Waals surface area contributed by atoms with Gasteiger partial charge in [0.2, 0.25) is 0 Å². The van der Waals surface area contributed by atoms with Crippen LogP contribution in [-0.2, 0) is 9.53 Å². The standard InChI is InChI=1S/C16H24O2/c1-10-16(18-10)8-11(14(2,3)4)13(17)12(9-16)15(5,6)7/h8-10H,1-7H3. The van der Waals surface area contributed by atoms with Crippen molar-refractivity contribution in [2.24, 2.45) is 10.8 Å². The highest BCUT2D eigenvalue weighted by molar-refractivity contribution is 6.11. The second-order valence-corrected chi connectivity index (χ2v) is 7.56. The van der Waals surface area contributed by atoms with Gasteiger partial charge in [-0.15, -0.1) is 0 Å². The molecule has 1 aliphatic carbocycles. The Balaban J connectivity index is 2.51. The quantitative estimate of drug-likeness (QED) is 0.612. The van der Waals surface area contributed by atoms with Gasteiger partial charge in [-0.05, 0) is 29.9 Å². The van der Waals surface area contributed by atoms with Crippen LogP contribution in [0.5, 0.6) is 0 Å². The molecule has 1 unspecified atom stereocenters. The van der Waals surface area contributed by atoms with Crippen molar-refractivity contribution in [3.63, 3.8) is 0 Å². The molecular weight excluding hydrogens is 224 g/mol. The summed E-state index contributed by atoms with van der Waals surface area (Å²) in [5.74, 6) is 0.184. The topological polar surface area (TPSA) is 29.6 Å². The highest BCUT2D eigenvalue weighted by Gasteiger charge is 2.54. The van der Waals surface area contributed by atoms with Gasteiger partial charge in [-0.3, -0.25) is 4.79 Å². The number of Topliss-reactive ketones (excluding diaryl/α,β-unsaturated/α-hetero) is 1. The van der Waals surface area contributed by atoms with Crippen LogP contribution in [0, 0.1) is 10.8 Å². The largest absolute Gasteiger partial charge is 0.357 e. The van der Waals surface area contributed by atoms with E-state index in [0.717, 1.165) is 11.1 Å². The SMILES string of the molecule is CC1OC12C=C(C(C)(C)C)C(=O)C(C(C)(C)C)=C2. The first-order valence-electron chi connectivity index (χ1n) is 6.66. The molecule has 2 nitrogen and oxygen atoms in total. The molecular formula is C16H24O2. The van der Waals surface area contributed by atoms with Crippen LogP contribution in [0.4, 0.5) is 0 Å². The highest BCUT2D eigenvalue weighted by Crippen LogP contribution is 2.49. The summed E-state index contributed by atoms with van der Waals surface area (Å²) in [4.78, 5) is 12.6. The lowest BCUT2D eigenvalue weighted by Gasteiger charge is -2.32. The maximum atomic E-state index is 12.6. The van der Waals surface area contributed by atoms with E-state index in [1.165, 1.54) is 0 Å². The average Bonchev–Trinajstić information content (AvgIpc) is 2.77. The van der Waals surface area contributed by atoms with E-state index in [0.29, 0.717) is 0 Å². The van der Waals surface area contributed by atoms with Crippen LogP contribution < -0.4 is 0 Å². The molecule has 1 aliphatic heterocycles. The number of carbonyl (C=O) groups is 1. The number of allylic oxidation sites excluding steroid dienone is 2. The normalized spacial score (nSPS) is 27.1. The van der Waals surface area contributed by atoms with Crippen LogP contribution in [0.1, 0.15) is 48.5 Å². The zero-order chi connectivity index (χ0) is 13.9. The second kappa shape index (κ2) is 3.57. The number of epoxide rings is 1. The minimum atomic E-state index is -0.320. The zero-order valence-corrected chi connectivity index (χ0v) is 12.5. The molecule has 1 saturated heterocycles. The van der Waals surface area contributed by atoms with Crippen molar-refractivity contribution in [3.05, 3.63) is 23.3 Å². The smallest absolute Gasteiger partial charge is 0.185 e. The molecule has 0 aromatic heterocycles. The molecule has 1 atom stereocenters. The lowest BCUT2D eigenvalue weighted by atomic mass is 9.70. The number of ether oxygens (including phenoxy) is 1. The fourth-order valence-corrected chi connectivity index (χ4v) is 2.46. The third-order valence-electron chi connectivity index (χ3n) is 3.80. The molecule has 2 rings (SSSR count). The summed E-state index contributed by atoms with van der Waals surface area (Å²) in [6.07, 6.45) is 4.25. The van der Waals surface area contributed by atoms with Crippen molar-refractivity contribution < 1.29 is 9.53 Å². The Morgan fingerprint density at radius 3 is 1.56 bits per heavy atom. The molecule has 0 radical (unpaired) electrons. The van der Waals surface area contributed by atoms with E-state index < -0.39 is 0 Å². The summed E-state index contributed by atoms with van der Waals surface area (Å²) in [7, 11) is 0. The van der Waals surface area contributed by atoms with Gasteiger partial charge in [0.25, 0.3) is 0 Å². The Hall–Kier alpha value is -0.890. The molecule has 1 heterocycles. The van der Waals surface area contributed by atoms with Gasteiger partial charge < -0.3 is 4.74 Å². The molecule has 0 amide bonds. The molecule has 100 valence electrons. The summed E-state index contributed by atoms with van der Waals surface area (Å²) in [5, 5.41) is 0. The van der Waals surface area contributed by atoms with E-state index in [1.807, 2.05) is 12.2 Å². The van der Waals surface area contributed by atoms with E-state index in [9.17, 15) is 4.79 Å². The van der Waals surface area contributed by atoms with Gasteiger partial charge in [-0.25, -0.2) is 0 Å². The molecule has 2 aliphatic rings. The van der Waals surface area contributed by atoms with Crippen LogP contribution in [0.2, 0.25) is 0 Å². The van der Waals surface area contributed by atoms with Crippen LogP contribution in [0.3, 0.4) is 0 Å². The van der Waals surface area contributed by atoms with Gasteiger partial charge in [0.15, 0.2) is 5.78 Å². The van der Waals surface area contributed by atoms with Crippen LogP contribution >= 0.6 is 0 Å². The van der Waals surface area contributed by atoms with Crippen molar-refractivity contribution >= 4 is 5.78 Å². The van der Waals surface area contributed by atoms with Gasteiger partial charge in [0.1, 0.15) is 5.60 Å². The van der Waals surface area contributed by atoms with Crippen molar-refractivity contribution in [2.45, 2.75) is 60.2 Å². The third kappa shape index (κ3) is 2.07. The lowest BCUT2D eigenvalue weighted by molar-refractivity contribution is -0.114. The van der Waals surface area contributed by atoms with Crippen molar-refractivity contribution in [1.29, 1.82) is 0 Å². The van der Waals surface area contributed by atoms with Crippen molar-refractivity contribution in [3.8, 4) is 0 Å². The molecule has 0 saturated carbocycles. The van der Waals surface area contributed by atoms with Gasteiger partial charge in [0.05, 0.1) is 6.10 Å². The molecule has 2 heteroatoms. The first kappa shape index (κ1) is 13.5. The molecule has 18 heavy (non-hydrogen) atoms. The van der Waals surface area contributed by atoms with Gasteiger partial charge in [-0.2, -0.15) is 0 Å². The number of hydrogen-bond donors (Lipinski definition) is 0. The summed E-state index contributed by atoms with van der Waals surface area (Å²) in [6, 6.07) is 0. The molecule has 0 N–H and O–H groups in total. The predicted molar refractivity (Wildman–Crippen MR) is 73.4 cm³/mol. The highest BCUT2D eigenvalue weighted by atomic mass is 16.6. The van der Waals surface area contributed by atoms with E-state index in [-0.39, 0.29) is 28.3 Å². The lowest BCUT2D eigenvalue weighted by Crippen LogP contribution is -2.32. The molecule has 1 fully saturated rings. The number of ketones is 1. The Bertz CT molecular complexity index is 418. The molecule has 0 aromatic rings. The Morgan fingerprint density at radius 2 is 1.33 bits per heavy atom. The number of rotatable bonds is 0. The van der Waals surface area contributed by atoms with E-state index in [2.05, 4.69) is 48.5 Å². The first-order valence-corrected chi connectivity index (χ1v) is 6.66. The van der Waals surface area contributed by atoms with Crippen molar-refractivity contribution in [1.82, 2.24) is 0 Å². The predicted octanol–water partition coefficient (Wildman–Crippen LogP) is 3.67. The summed E-state index contributed by atoms with van der Waals surface area (Å²) in [5.41, 5.74) is 1.18. The Morgan fingerprint density at radius 1 is 1.00 bits per heavy atom.